The van der Waals surface area contributed by atoms with Crippen molar-refractivity contribution in [3.63, 3.8) is 0 Å². The van der Waals surface area contributed by atoms with E-state index in [1.165, 1.54) is 11.8 Å². The van der Waals surface area contributed by atoms with E-state index in [9.17, 15) is 4.57 Å². The Morgan fingerprint density at radius 2 is 2.55 bits per heavy atom. The zero-order chi connectivity index (χ0) is 8.48. The average molecular weight is 175 g/mol. The molecule has 0 radical (unpaired) electrons. The lowest BCUT2D eigenvalue weighted by Gasteiger charge is -2.16. The van der Waals surface area contributed by atoms with Gasteiger partial charge in [-0.3, -0.25) is 9.05 Å². The minimum atomic E-state index is -3.02. The lowest BCUT2D eigenvalue weighted by Crippen LogP contribution is -2.22. The van der Waals surface area contributed by atoms with Gasteiger partial charge >= 0.3 is 7.75 Å². The lowest BCUT2D eigenvalue weighted by atomic mass is 10.3. The Morgan fingerprint density at radius 3 is 2.82 bits per heavy atom. The van der Waals surface area contributed by atoms with Gasteiger partial charge in [-0.2, -0.15) is 4.67 Å². The third-order valence-corrected chi connectivity index (χ3v) is 3.64. The molecule has 0 amide bonds. The van der Waals surface area contributed by atoms with Crippen LogP contribution in [0.5, 0.6) is 0 Å². The molecule has 0 spiro atoms. The summed E-state index contributed by atoms with van der Waals surface area (Å²) < 4.78 is 22.5. The van der Waals surface area contributed by atoms with Crippen molar-refractivity contribution in [1.29, 1.82) is 0 Å². The highest BCUT2D eigenvalue weighted by molar-refractivity contribution is 7.51. The van der Waals surface area contributed by atoms with Gasteiger partial charge in [0.1, 0.15) is 6.04 Å². The molecule has 2 atom stereocenters. The van der Waals surface area contributed by atoms with E-state index in [1.807, 2.05) is 0 Å². The Labute approximate surface area is 66.1 Å². The molecule has 0 aromatic rings. The molecule has 0 aromatic heterocycles. The van der Waals surface area contributed by atoms with Gasteiger partial charge in [0.25, 0.3) is 0 Å². The van der Waals surface area contributed by atoms with Gasteiger partial charge in [0, 0.05) is 7.11 Å². The van der Waals surface area contributed by atoms with E-state index in [-0.39, 0.29) is 12.6 Å². The molecule has 5 heteroatoms. The Morgan fingerprint density at radius 1 is 1.91 bits per heavy atom. The first-order chi connectivity index (χ1) is 5.14. The van der Waals surface area contributed by atoms with Crippen LogP contribution in [0.2, 0.25) is 0 Å². The van der Waals surface area contributed by atoms with Crippen LogP contribution in [-0.4, -0.2) is 31.5 Å². The molecule has 1 aliphatic rings. The van der Waals surface area contributed by atoms with E-state index in [0.717, 1.165) is 0 Å². The van der Waals surface area contributed by atoms with Crippen molar-refractivity contribution < 1.29 is 13.6 Å². The molecule has 1 rings (SSSR count). The summed E-state index contributed by atoms with van der Waals surface area (Å²) in [6, 6.07) is -0.235. The molecule has 2 unspecified atom stereocenters. The van der Waals surface area contributed by atoms with Gasteiger partial charge in [-0.1, -0.05) is 5.92 Å². The van der Waals surface area contributed by atoms with E-state index in [4.69, 9.17) is 15.5 Å². The summed E-state index contributed by atoms with van der Waals surface area (Å²) in [5.74, 6) is 2.45. The molecule has 0 bridgehead atoms. The molecule has 1 fully saturated rings. The predicted molar refractivity (Wildman–Crippen MR) is 41.0 cm³/mol. The quantitative estimate of drug-likeness (QED) is 0.434. The van der Waals surface area contributed by atoms with Gasteiger partial charge in [0.15, 0.2) is 0 Å². The summed E-state index contributed by atoms with van der Waals surface area (Å²) in [5.41, 5.74) is 0. The summed E-state index contributed by atoms with van der Waals surface area (Å²) in [6.07, 6.45) is 5.15. The molecule has 0 aromatic carbocycles. The third-order valence-electron chi connectivity index (χ3n) is 1.66. The summed E-state index contributed by atoms with van der Waals surface area (Å²) in [7, 11) is -0.0536. The normalized spacial score (nSPS) is 38.8. The van der Waals surface area contributed by atoms with Crippen LogP contribution in [-0.2, 0) is 13.6 Å². The van der Waals surface area contributed by atoms with Crippen LogP contribution in [0.15, 0.2) is 0 Å². The van der Waals surface area contributed by atoms with E-state index in [1.54, 1.807) is 7.05 Å². The molecule has 1 saturated heterocycles. The molecule has 4 nitrogen and oxygen atoms in total. The molecule has 1 heterocycles. The van der Waals surface area contributed by atoms with Gasteiger partial charge in [-0.05, 0) is 7.05 Å². The fraction of sp³-hybridized carbons (Fsp3) is 0.667. The second-order valence-electron chi connectivity index (χ2n) is 2.20. The highest BCUT2D eigenvalue weighted by Crippen LogP contribution is 2.55. The minimum absolute atomic E-state index is 0.235. The lowest BCUT2D eigenvalue weighted by molar-refractivity contribution is 0.256. The van der Waals surface area contributed by atoms with Gasteiger partial charge in [-0.15, -0.1) is 6.42 Å². The molecule has 0 aliphatic carbocycles. The van der Waals surface area contributed by atoms with Crippen LogP contribution in [0.1, 0.15) is 0 Å². The molecule has 0 saturated carbocycles. The van der Waals surface area contributed by atoms with Crippen molar-refractivity contribution in [2.75, 3.05) is 20.8 Å². The summed E-state index contributed by atoms with van der Waals surface area (Å²) in [6.45, 7) is 0.276. The van der Waals surface area contributed by atoms with Crippen molar-refractivity contribution in [3.8, 4) is 12.3 Å². The van der Waals surface area contributed by atoms with Gasteiger partial charge in [0.05, 0.1) is 6.61 Å². The van der Waals surface area contributed by atoms with Crippen LogP contribution < -0.4 is 0 Å². The Balaban J connectivity index is 2.80. The number of hydrogen-bond donors (Lipinski definition) is 0. The summed E-state index contributed by atoms with van der Waals surface area (Å²) in [5, 5.41) is 0. The van der Waals surface area contributed by atoms with Gasteiger partial charge < -0.3 is 0 Å². The Kier molecular flexibility index (Phi) is 2.36. The maximum atomic E-state index is 11.5. The van der Waals surface area contributed by atoms with Crippen LogP contribution in [0.3, 0.4) is 0 Å². The second kappa shape index (κ2) is 2.96. The Hall–Kier alpha value is -0.330. The van der Waals surface area contributed by atoms with Crippen molar-refractivity contribution >= 4 is 7.75 Å². The molecule has 11 heavy (non-hydrogen) atoms. The minimum Gasteiger partial charge on any atom is -0.300 e. The Bertz CT molecular complexity index is 234. The largest absolute Gasteiger partial charge is 0.408 e. The van der Waals surface area contributed by atoms with Crippen molar-refractivity contribution in [1.82, 2.24) is 4.67 Å². The van der Waals surface area contributed by atoms with Crippen molar-refractivity contribution in [2.45, 2.75) is 6.04 Å². The number of rotatable bonds is 1. The third kappa shape index (κ3) is 1.33. The smallest absolute Gasteiger partial charge is 0.300 e. The maximum absolute atomic E-state index is 11.5. The van der Waals surface area contributed by atoms with Gasteiger partial charge in [-0.25, -0.2) is 4.57 Å². The number of likely N-dealkylation sites (N-methyl/N-ethyl adjacent to an activating group) is 1. The highest BCUT2D eigenvalue weighted by atomic mass is 31.2. The van der Waals surface area contributed by atoms with Crippen LogP contribution >= 0.6 is 7.75 Å². The van der Waals surface area contributed by atoms with Crippen LogP contribution in [0, 0.1) is 12.3 Å². The molecule has 62 valence electrons. The van der Waals surface area contributed by atoms with Crippen LogP contribution in [0.4, 0.5) is 0 Å². The molecular weight excluding hydrogens is 165 g/mol. The van der Waals surface area contributed by atoms with E-state index in [0.29, 0.717) is 0 Å². The van der Waals surface area contributed by atoms with Crippen molar-refractivity contribution in [2.24, 2.45) is 0 Å². The fourth-order valence-electron chi connectivity index (χ4n) is 0.872. The standard InChI is InChI=1S/C6H10NO3P/c1-4-6-5-10-11(8,9-3)7(6)2/h1,6H,5H2,2-3H3. The summed E-state index contributed by atoms with van der Waals surface area (Å²) >= 11 is 0. The second-order valence-corrected chi connectivity index (χ2v) is 4.39. The molecule has 0 N–H and O–H groups in total. The highest BCUT2D eigenvalue weighted by Gasteiger charge is 2.41. The van der Waals surface area contributed by atoms with Gasteiger partial charge in [0.2, 0.25) is 0 Å². The topological polar surface area (TPSA) is 38.8 Å². The zero-order valence-electron chi connectivity index (χ0n) is 6.48. The first-order valence-electron chi connectivity index (χ1n) is 3.14. The molecular formula is C6H10NO3P. The van der Waals surface area contributed by atoms with E-state index < -0.39 is 7.75 Å². The summed E-state index contributed by atoms with van der Waals surface area (Å²) in [4.78, 5) is 0. The van der Waals surface area contributed by atoms with Crippen molar-refractivity contribution in [3.05, 3.63) is 0 Å². The van der Waals surface area contributed by atoms with E-state index >= 15 is 0 Å². The number of nitrogens with zero attached hydrogens (tertiary/aromatic N) is 1. The monoisotopic (exact) mass is 175 g/mol. The molecule has 1 aliphatic heterocycles. The SMILES string of the molecule is C#CC1COP(=O)(OC)N1C. The number of terminal acetylenes is 1. The number of hydrogen-bond acceptors (Lipinski definition) is 3. The average Bonchev–Trinajstić information content (AvgIpc) is 2.31. The van der Waals surface area contributed by atoms with Crippen LogP contribution in [0.25, 0.3) is 0 Å². The maximum Gasteiger partial charge on any atom is 0.408 e. The van der Waals surface area contributed by atoms with E-state index in [2.05, 4.69) is 5.92 Å². The first kappa shape index (κ1) is 8.76. The first-order valence-corrected chi connectivity index (χ1v) is 4.63. The fourth-order valence-corrected chi connectivity index (χ4v) is 2.22. The zero-order valence-corrected chi connectivity index (χ0v) is 7.38. The predicted octanol–water partition coefficient (Wildman–Crippen LogP) is 0.705.